The number of rotatable bonds is 2. The molecule has 0 saturated carbocycles. The average molecular weight is 308 g/mol. The van der Waals surface area contributed by atoms with Crippen LogP contribution in [0.15, 0.2) is 6.07 Å². The lowest BCUT2D eigenvalue weighted by Crippen LogP contribution is -2.57. The largest absolute Gasteiger partial charge is 0.377 e. The van der Waals surface area contributed by atoms with E-state index in [4.69, 9.17) is 9.47 Å². The molecule has 3 heterocycles. The fraction of sp³-hybridized carbons (Fsp3) is 0.812. The first-order chi connectivity index (χ1) is 10.5. The number of hydrogen-bond donors (Lipinski definition) is 2. The zero-order chi connectivity index (χ0) is 15.6. The Labute approximate surface area is 132 Å². The van der Waals surface area contributed by atoms with Gasteiger partial charge in [-0.15, -0.1) is 0 Å². The molecule has 22 heavy (non-hydrogen) atoms. The maximum atomic E-state index is 6.06. The van der Waals surface area contributed by atoms with E-state index in [1.165, 1.54) is 5.69 Å². The fourth-order valence-corrected chi connectivity index (χ4v) is 3.09. The Kier molecular flexibility index (Phi) is 4.54. The third kappa shape index (κ3) is 3.68. The van der Waals surface area contributed by atoms with Crippen LogP contribution in [0.2, 0.25) is 0 Å². The lowest BCUT2D eigenvalue weighted by atomic mass is 9.92. The van der Waals surface area contributed by atoms with Crippen molar-refractivity contribution in [3.05, 3.63) is 17.5 Å². The van der Waals surface area contributed by atoms with E-state index in [2.05, 4.69) is 47.3 Å². The summed E-state index contributed by atoms with van der Waals surface area (Å²) in [5, 5.41) is 11.1. The Morgan fingerprint density at radius 2 is 2.23 bits per heavy atom. The van der Waals surface area contributed by atoms with Crippen molar-refractivity contribution >= 4 is 0 Å². The quantitative estimate of drug-likeness (QED) is 0.850. The van der Waals surface area contributed by atoms with Gasteiger partial charge in [-0.25, -0.2) is 0 Å². The van der Waals surface area contributed by atoms with Crippen LogP contribution < -0.4 is 5.32 Å². The molecule has 0 unspecified atom stereocenters. The van der Waals surface area contributed by atoms with E-state index in [9.17, 15) is 0 Å². The number of aromatic nitrogens is 2. The van der Waals surface area contributed by atoms with Crippen LogP contribution in [-0.2, 0) is 21.4 Å². The molecule has 0 bridgehead atoms. The van der Waals surface area contributed by atoms with Gasteiger partial charge in [-0.05, 0) is 6.07 Å². The Hall–Kier alpha value is -0.950. The van der Waals surface area contributed by atoms with Crippen molar-refractivity contribution in [1.82, 2.24) is 20.4 Å². The summed E-state index contributed by atoms with van der Waals surface area (Å²) in [6.07, 6.45) is 0. The van der Waals surface area contributed by atoms with Gasteiger partial charge in [0.05, 0.1) is 25.5 Å². The lowest BCUT2D eigenvalue weighted by molar-refractivity contribution is -0.135. The van der Waals surface area contributed by atoms with E-state index < -0.39 is 0 Å². The molecule has 1 atom stereocenters. The van der Waals surface area contributed by atoms with Crippen molar-refractivity contribution in [2.24, 2.45) is 0 Å². The summed E-state index contributed by atoms with van der Waals surface area (Å²) in [5.41, 5.74) is 2.16. The third-order valence-corrected chi connectivity index (χ3v) is 4.36. The van der Waals surface area contributed by atoms with Crippen LogP contribution in [0.4, 0.5) is 0 Å². The van der Waals surface area contributed by atoms with Crippen LogP contribution in [0.5, 0.6) is 0 Å². The number of nitrogens with one attached hydrogen (secondary N) is 2. The minimum Gasteiger partial charge on any atom is -0.377 e. The van der Waals surface area contributed by atoms with Crippen molar-refractivity contribution in [2.45, 2.75) is 38.3 Å². The number of morpholine rings is 1. The van der Waals surface area contributed by atoms with E-state index in [-0.39, 0.29) is 11.0 Å². The standard InChI is InChI=1S/C16H28N4O2/c1-15(2,3)14-8-13(18-19-14)9-20-5-7-22-16(11-20)10-17-4-6-21-12-16/h8,17H,4-7,9-12H2,1-3H3,(H,18,19)/t16-/m1/s1. The second-order valence-corrected chi connectivity index (χ2v) is 7.50. The molecule has 2 aliphatic heterocycles. The van der Waals surface area contributed by atoms with Crippen molar-refractivity contribution in [3.8, 4) is 0 Å². The molecule has 2 N–H and O–H groups in total. The molecule has 1 aromatic heterocycles. The van der Waals surface area contributed by atoms with Gasteiger partial charge < -0.3 is 14.8 Å². The van der Waals surface area contributed by atoms with Crippen LogP contribution in [0.1, 0.15) is 32.2 Å². The van der Waals surface area contributed by atoms with Crippen LogP contribution in [-0.4, -0.2) is 66.7 Å². The average Bonchev–Trinajstić information content (AvgIpc) is 2.81. The lowest BCUT2D eigenvalue weighted by Gasteiger charge is -2.41. The predicted octanol–water partition coefficient (Wildman–Crippen LogP) is 0.898. The number of hydrogen-bond acceptors (Lipinski definition) is 5. The summed E-state index contributed by atoms with van der Waals surface area (Å²) in [5.74, 6) is 0. The second kappa shape index (κ2) is 6.28. The van der Waals surface area contributed by atoms with Gasteiger partial charge in [0.2, 0.25) is 0 Å². The second-order valence-electron chi connectivity index (χ2n) is 7.50. The fourth-order valence-electron chi connectivity index (χ4n) is 3.09. The molecule has 2 saturated heterocycles. The van der Waals surface area contributed by atoms with Crippen LogP contribution in [0, 0.1) is 0 Å². The molecule has 2 aliphatic rings. The molecule has 1 spiro atoms. The molecular formula is C16H28N4O2. The minimum absolute atomic E-state index is 0.0834. The van der Waals surface area contributed by atoms with E-state index in [0.29, 0.717) is 6.61 Å². The SMILES string of the molecule is CC(C)(C)c1cc(CN2CCO[C@]3(CNCCOC3)C2)[nH]n1. The summed E-state index contributed by atoms with van der Waals surface area (Å²) in [4.78, 5) is 2.43. The van der Waals surface area contributed by atoms with Crippen LogP contribution in [0.3, 0.4) is 0 Å². The van der Waals surface area contributed by atoms with Gasteiger partial charge in [-0.3, -0.25) is 10.00 Å². The zero-order valence-corrected chi connectivity index (χ0v) is 13.9. The van der Waals surface area contributed by atoms with Crippen LogP contribution >= 0.6 is 0 Å². The van der Waals surface area contributed by atoms with E-state index in [1.807, 2.05) is 0 Å². The van der Waals surface area contributed by atoms with E-state index in [0.717, 1.165) is 51.6 Å². The molecule has 2 fully saturated rings. The Balaban J connectivity index is 1.64. The summed E-state index contributed by atoms with van der Waals surface area (Å²) >= 11 is 0. The van der Waals surface area contributed by atoms with Gasteiger partial charge >= 0.3 is 0 Å². The van der Waals surface area contributed by atoms with E-state index >= 15 is 0 Å². The van der Waals surface area contributed by atoms with Gasteiger partial charge in [-0.1, -0.05) is 20.8 Å². The predicted molar refractivity (Wildman–Crippen MR) is 84.9 cm³/mol. The van der Waals surface area contributed by atoms with Crippen molar-refractivity contribution in [2.75, 3.05) is 46.0 Å². The Bertz CT molecular complexity index is 487. The topological polar surface area (TPSA) is 62.4 Å². The summed E-state index contributed by atoms with van der Waals surface area (Å²) < 4.78 is 11.8. The summed E-state index contributed by atoms with van der Waals surface area (Å²) in [6.45, 7) is 13.2. The molecule has 6 heteroatoms. The Morgan fingerprint density at radius 1 is 1.36 bits per heavy atom. The van der Waals surface area contributed by atoms with Crippen molar-refractivity contribution < 1.29 is 9.47 Å². The highest BCUT2D eigenvalue weighted by Gasteiger charge is 2.38. The molecule has 0 amide bonds. The number of ether oxygens (including phenoxy) is 2. The highest BCUT2D eigenvalue weighted by Crippen LogP contribution is 2.23. The highest BCUT2D eigenvalue weighted by atomic mass is 16.5. The molecule has 6 nitrogen and oxygen atoms in total. The van der Waals surface area contributed by atoms with Gasteiger partial charge in [-0.2, -0.15) is 5.10 Å². The normalized spacial score (nSPS) is 28.0. The van der Waals surface area contributed by atoms with Crippen LogP contribution in [0.25, 0.3) is 0 Å². The van der Waals surface area contributed by atoms with Crippen molar-refractivity contribution in [1.29, 1.82) is 0 Å². The smallest absolute Gasteiger partial charge is 0.116 e. The molecule has 0 aromatic carbocycles. The number of aromatic amines is 1. The summed E-state index contributed by atoms with van der Waals surface area (Å²) in [6, 6.07) is 2.18. The number of H-pyrrole nitrogens is 1. The molecule has 1 aromatic rings. The van der Waals surface area contributed by atoms with Gasteiger partial charge in [0, 0.05) is 43.8 Å². The first-order valence-electron chi connectivity index (χ1n) is 8.16. The number of nitrogens with zero attached hydrogens (tertiary/aromatic N) is 2. The molecule has 0 radical (unpaired) electrons. The molecular weight excluding hydrogens is 280 g/mol. The van der Waals surface area contributed by atoms with Gasteiger partial charge in [0.15, 0.2) is 0 Å². The van der Waals surface area contributed by atoms with Gasteiger partial charge in [0.1, 0.15) is 5.60 Å². The maximum Gasteiger partial charge on any atom is 0.116 e. The molecule has 124 valence electrons. The van der Waals surface area contributed by atoms with Gasteiger partial charge in [0.25, 0.3) is 0 Å². The first kappa shape index (κ1) is 15.9. The zero-order valence-electron chi connectivity index (χ0n) is 13.9. The minimum atomic E-state index is -0.207. The first-order valence-corrected chi connectivity index (χ1v) is 8.16. The maximum absolute atomic E-state index is 6.06. The summed E-state index contributed by atoms with van der Waals surface area (Å²) in [7, 11) is 0. The monoisotopic (exact) mass is 308 g/mol. The van der Waals surface area contributed by atoms with E-state index in [1.54, 1.807) is 0 Å². The molecule has 0 aliphatic carbocycles. The third-order valence-electron chi connectivity index (χ3n) is 4.36. The highest BCUT2D eigenvalue weighted by molar-refractivity contribution is 5.16. The molecule has 3 rings (SSSR count). The van der Waals surface area contributed by atoms with Crippen molar-refractivity contribution in [3.63, 3.8) is 0 Å². The Morgan fingerprint density at radius 3 is 3.00 bits per heavy atom.